The van der Waals surface area contributed by atoms with Crippen molar-refractivity contribution in [1.82, 2.24) is 0 Å². The van der Waals surface area contributed by atoms with Crippen molar-refractivity contribution in [2.75, 3.05) is 14.2 Å². The summed E-state index contributed by atoms with van der Waals surface area (Å²) in [5.74, 6) is -1.80. The van der Waals surface area contributed by atoms with Gasteiger partial charge in [0, 0.05) is 10.4 Å². The second kappa shape index (κ2) is 6.84. The molecule has 0 radical (unpaired) electrons. The van der Waals surface area contributed by atoms with Crippen molar-refractivity contribution in [3.63, 3.8) is 0 Å². The number of allylic oxidation sites excluding steroid dienone is 1. The fraction of sp³-hybridized carbons (Fsp3) is 0.200. The molecule has 1 aliphatic rings. The lowest BCUT2D eigenvalue weighted by Gasteiger charge is -2.38. The number of hydrogen-bond acceptors (Lipinski definition) is 4. The molecule has 0 spiro atoms. The molecule has 3 rings (SSSR count). The zero-order valence-electron chi connectivity index (χ0n) is 13.9. The van der Waals surface area contributed by atoms with E-state index in [0.29, 0.717) is 5.56 Å². The first-order chi connectivity index (χ1) is 12.1. The molecular formula is C20H17BrO4. The van der Waals surface area contributed by atoms with Gasteiger partial charge in [0.1, 0.15) is 0 Å². The van der Waals surface area contributed by atoms with Crippen LogP contribution >= 0.6 is 15.9 Å². The first kappa shape index (κ1) is 17.4. The second-order valence-corrected chi connectivity index (χ2v) is 6.68. The number of benzene rings is 2. The Kier molecular flexibility index (Phi) is 4.77. The molecule has 0 heterocycles. The number of hydrogen-bond donors (Lipinski definition) is 0. The van der Waals surface area contributed by atoms with Crippen LogP contribution in [-0.2, 0) is 24.5 Å². The molecule has 1 atom stereocenters. The van der Waals surface area contributed by atoms with Crippen molar-refractivity contribution in [2.45, 2.75) is 11.3 Å². The Balaban J connectivity index is 2.31. The highest BCUT2D eigenvalue weighted by Gasteiger charge is 2.57. The molecule has 0 bridgehead atoms. The van der Waals surface area contributed by atoms with Crippen molar-refractivity contribution < 1.29 is 19.1 Å². The molecule has 128 valence electrons. The third-order valence-electron chi connectivity index (χ3n) is 4.56. The summed E-state index contributed by atoms with van der Waals surface area (Å²) < 4.78 is 11.0. The largest absolute Gasteiger partial charge is 0.468 e. The number of ether oxygens (including phenoxy) is 2. The molecule has 2 aromatic carbocycles. The SMILES string of the molecule is COC(=O)C1(C(=O)OC)c2ccccc2C=CC1c1ccc(Br)cc1. The Morgan fingerprint density at radius 2 is 1.56 bits per heavy atom. The van der Waals surface area contributed by atoms with Crippen LogP contribution in [0.4, 0.5) is 0 Å². The summed E-state index contributed by atoms with van der Waals surface area (Å²) in [7, 11) is 2.57. The van der Waals surface area contributed by atoms with Crippen LogP contribution in [0.15, 0.2) is 59.1 Å². The zero-order chi connectivity index (χ0) is 18.0. The van der Waals surface area contributed by atoms with Gasteiger partial charge in [0.05, 0.1) is 14.2 Å². The van der Waals surface area contributed by atoms with Crippen molar-refractivity contribution in [2.24, 2.45) is 0 Å². The van der Waals surface area contributed by atoms with E-state index in [4.69, 9.17) is 9.47 Å². The minimum Gasteiger partial charge on any atom is -0.468 e. The number of methoxy groups -OCH3 is 2. The summed E-state index contributed by atoms with van der Waals surface area (Å²) in [6.45, 7) is 0. The fourth-order valence-corrected chi connectivity index (χ4v) is 3.69. The molecule has 1 aliphatic carbocycles. The third kappa shape index (κ3) is 2.68. The summed E-state index contributed by atoms with van der Waals surface area (Å²) >= 11 is 3.41. The summed E-state index contributed by atoms with van der Waals surface area (Å²) in [6.07, 6.45) is 3.78. The summed E-state index contributed by atoms with van der Waals surface area (Å²) in [6, 6.07) is 14.8. The van der Waals surface area contributed by atoms with E-state index in [0.717, 1.165) is 15.6 Å². The normalized spacial score (nSPS) is 17.5. The second-order valence-electron chi connectivity index (χ2n) is 5.77. The number of rotatable bonds is 3. The Hall–Kier alpha value is -2.40. The Morgan fingerprint density at radius 3 is 2.16 bits per heavy atom. The van der Waals surface area contributed by atoms with Gasteiger partial charge in [0.2, 0.25) is 5.41 Å². The van der Waals surface area contributed by atoms with Gasteiger partial charge in [-0.1, -0.05) is 64.5 Å². The van der Waals surface area contributed by atoms with E-state index in [1.807, 2.05) is 48.6 Å². The number of carbonyl (C=O) groups excluding carboxylic acids is 2. The van der Waals surface area contributed by atoms with Crippen molar-refractivity contribution in [3.05, 3.63) is 75.8 Å². The highest BCUT2D eigenvalue weighted by Crippen LogP contribution is 2.47. The Labute approximate surface area is 154 Å². The van der Waals surface area contributed by atoms with Crippen molar-refractivity contribution in [3.8, 4) is 0 Å². The quantitative estimate of drug-likeness (QED) is 0.579. The highest BCUT2D eigenvalue weighted by atomic mass is 79.9. The van der Waals surface area contributed by atoms with E-state index in [9.17, 15) is 9.59 Å². The average molecular weight is 401 g/mol. The topological polar surface area (TPSA) is 52.6 Å². The number of esters is 2. The molecule has 0 saturated carbocycles. The molecule has 5 heteroatoms. The van der Waals surface area contributed by atoms with Gasteiger partial charge < -0.3 is 9.47 Å². The molecule has 0 fully saturated rings. The molecule has 0 amide bonds. The van der Waals surface area contributed by atoms with Crippen LogP contribution in [0.25, 0.3) is 6.08 Å². The third-order valence-corrected chi connectivity index (χ3v) is 5.09. The molecule has 25 heavy (non-hydrogen) atoms. The van der Waals surface area contributed by atoms with Crippen LogP contribution in [-0.4, -0.2) is 26.2 Å². The standard InChI is InChI=1S/C20H17BrO4/c1-24-18(22)20(19(23)25-2)16-6-4-3-5-13(16)9-12-17(20)14-7-10-15(21)11-8-14/h3-12,17H,1-2H3. The van der Waals surface area contributed by atoms with Crippen LogP contribution in [0, 0.1) is 0 Å². The number of fused-ring (bicyclic) bond motifs is 1. The minimum atomic E-state index is -1.58. The molecule has 0 aliphatic heterocycles. The molecule has 1 unspecified atom stereocenters. The van der Waals surface area contributed by atoms with Gasteiger partial charge in [-0.3, -0.25) is 9.59 Å². The van der Waals surface area contributed by atoms with Gasteiger partial charge in [-0.05, 0) is 28.8 Å². The van der Waals surface area contributed by atoms with Crippen LogP contribution in [0.3, 0.4) is 0 Å². The monoisotopic (exact) mass is 400 g/mol. The van der Waals surface area contributed by atoms with Crippen LogP contribution < -0.4 is 0 Å². The van der Waals surface area contributed by atoms with Crippen LogP contribution in [0.2, 0.25) is 0 Å². The Morgan fingerprint density at radius 1 is 0.960 bits per heavy atom. The maximum atomic E-state index is 12.9. The molecule has 0 aromatic heterocycles. The average Bonchev–Trinajstić information content (AvgIpc) is 2.66. The number of carbonyl (C=O) groups is 2. The summed E-state index contributed by atoms with van der Waals surface area (Å²) in [5, 5.41) is 0. The molecule has 2 aromatic rings. The molecular weight excluding hydrogens is 384 g/mol. The van der Waals surface area contributed by atoms with Gasteiger partial charge in [-0.25, -0.2) is 0 Å². The van der Waals surface area contributed by atoms with E-state index in [1.54, 1.807) is 12.1 Å². The highest BCUT2D eigenvalue weighted by molar-refractivity contribution is 9.10. The van der Waals surface area contributed by atoms with Gasteiger partial charge in [-0.15, -0.1) is 0 Å². The molecule has 4 nitrogen and oxygen atoms in total. The number of halogens is 1. The summed E-state index contributed by atoms with van der Waals surface area (Å²) in [5.41, 5.74) is 0.628. The lowest BCUT2D eigenvalue weighted by Crippen LogP contribution is -2.51. The predicted molar refractivity (Wildman–Crippen MR) is 98.1 cm³/mol. The van der Waals surface area contributed by atoms with Crippen LogP contribution in [0.5, 0.6) is 0 Å². The lowest BCUT2D eigenvalue weighted by atomic mass is 9.63. The van der Waals surface area contributed by atoms with Crippen LogP contribution in [0.1, 0.15) is 22.6 Å². The zero-order valence-corrected chi connectivity index (χ0v) is 15.4. The van der Waals surface area contributed by atoms with Crippen molar-refractivity contribution >= 4 is 33.9 Å². The van der Waals surface area contributed by atoms with Crippen molar-refractivity contribution in [1.29, 1.82) is 0 Å². The van der Waals surface area contributed by atoms with Gasteiger partial charge in [0.15, 0.2) is 0 Å². The summed E-state index contributed by atoms with van der Waals surface area (Å²) in [4.78, 5) is 25.9. The van der Waals surface area contributed by atoms with E-state index in [1.165, 1.54) is 14.2 Å². The van der Waals surface area contributed by atoms with E-state index >= 15 is 0 Å². The van der Waals surface area contributed by atoms with Gasteiger partial charge in [-0.2, -0.15) is 0 Å². The van der Waals surface area contributed by atoms with E-state index in [2.05, 4.69) is 15.9 Å². The predicted octanol–water partition coefficient (Wildman–Crippen LogP) is 3.84. The Bertz CT molecular complexity index is 823. The van der Waals surface area contributed by atoms with E-state index in [-0.39, 0.29) is 0 Å². The fourth-order valence-electron chi connectivity index (χ4n) is 3.42. The first-order valence-corrected chi connectivity index (χ1v) is 8.55. The van der Waals surface area contributed by atoms with E-state index < -0.39 is 23.3 Å². The molecule has 0 N–H and O–H groups in total. The van der Waals surface area contributed by atoms with Gasteiger partial charge in [0.25, 0.3) is 0 Å². The minimum absolute atomic E-state index is 0.532. The maximum absolute atomic E-state index is 12.9. The first-order valence-electron chi connectivity index (χ1n) is 7.75. The van der Waals surface area contributed by atoms with Gasteiger partial charge >= 0.3 is 11.9 Å². The lowest BCUT2D eigenvalue weighted by molar-refractivity contribution is -0.163. The smallest absolute Gasteiger partial charge is 0.328 e. The molecule has 0 saturated heterocycles. The maximum Gasteiger partial charge on any atom is 0.328 e.